The first-order chi connectivity index (χ1) is 11.7. The monoisotopic (exact) mass is 391 g/mol. The molecule has 0 bridgehead atoms. The number of ether oxygens (including phenoxy) is 2. The van der Waals surface area contributed by atoms with E-state index in [0.717, 1.165) is 0 Å². The molecule has 0 saturated heterocycles. The van der Waals surface area contributed by atoms with E-state index in [9.17, 15) is 14.7 Å². The standard InChI is InChI=1S/C19H37NO5S/c1-9-19(8,24-11-10-17(4,5)23)15(21)12-26-13-16(22)25-18(6,7)20-14(2)3/h14,20,23H,9-13H2,1-8H3. The smallest absolute Gasteiger partial charge is 0.317 e. The molecule has 0 aromatic carbocycles. The summed E-state index contributed by atoms with van der Waals surface area (Å²) in [4.78, 5) is 24.5. The highest BCUT2D eigenvalue weighted by atomic mass is 32.2. The van der Waals surface area contributed by atoms with Crippen LogP contribution >= 0.6 is 11.8 Å². The van der Waals surface area contributed by atoms with Gasteiger partial charge in [0.25, 0.3) is 0 Å². The van der Waals surface area contributed by atoms with Crippen LogP contribution in [0.4, 0.5) is 0 Å². The van der Waals surface area contributed by atoms with Gasteiger partial charge < -0.3 is 14.6 Å². The Bertz CT molecular complexity index is 459. The minimum Gasteiger partial charge on any atom is -0.444 e. The lowest BCUT2D eigenvalue weighted by molar-refractivity contribution is -0.156. The number of hydrogen-bond donors (Lipinski definition) is 2. The number of nitrogens with one attached hydrogen (secondary N) is 1. The van der Waals surface area contributed by atoms with E-state index >= 15 is 0 Å². The zero-order valence-electron chi connectivity index (χ0n) is 17.6. The lowest BCUT2D eigenvalue weighted by Crippen LogP contribution is -2.47. The lowest BCUT2D eigenvalue weighted by Gasteiger charge is -2.29. The predicted octanol–water partition coefficient (Wildman–Crippen LogP) is 2.91. The van der Waals surface area contributed by atoms with Crippen LogP contribution in [0.1, 0.15) is 68.2 Å². The number of Topliss-reactive ketones (excluding diaryl/α,β-unsaturated/α-hetero) is 1. The molecule has 0 fully saturated rings. The molecular formula is C19H37NO5S. The van der Waals surface area contributed by atoms with Crippen LogP contribution in [0.3, 0.4) is 0 Å². The fourth-order valence-electron chi connectivity index (χ4n) is 2.32. The van der Waals surface area contributed by atoms with E-state index in [2.05, 4.69) is 5.32 Å². The van der Waals surface area contributed by atoms with Gasteiger partial charge in [-0.05, 0) is 61.3 Å². The van der Waals surface area contributed by atoms with Crippen molar-refractivity contribution >= 4 is 23.5 Å². The van der Waals surface area contributed by atoms with E-state index in [1.165, 1.54) is 11.8 Å². The van der Waals surface area contributed by atoms with Crippen molar-refractivity contribution < 1.29 is 24.2 Å². The summed E-state index contributed by atoms with van der Waals surface area (Å²) >= 11 is 1.23. The Labute approximate surface area is 162 Å². The van der Waals surface area contributed by atoms with Gasteiger partial charge in [-0.3, -0.25) is 14.9 Å². The predicted molar refractivity (Wildman–Crippen MR) is 106 cm³/mol. The summed E-state index contributed by atoms with van der Waals surface area (Å²) in [6, 6.07) is 0.193. The first-order valence-corrected chi connectivity index (χ1v) is 10.3. The van der Waals surface area contributed by atoms with Crippen molar-refractivity contribution in [3.8, 4) is 0 Å². The third-order valence-electron chi connectivity index (χ3n) is 3.86. The normalized spacial score (nSPS) is 15.0. The quantitative estimate of drug-likeness (QED) is 0.369. The maximum atomic E-state index is 12.5. The second-order valence-electron chi connectivity index (χ2n) is 8.19. The van der Waals surface area contributed by atoms with Gasteiger partial charge in [-0.15, -0.1) is 11.8 Å². The van der Waals surface area contributed by atoms with Crippen molar-refractivity contribution in [2.24, 2.45) is 0 Å². The highest BCUT2D eigenvalue weighted by Gasteiger charge is 2.32. The van der Waals surface area contributed by atoms with Crippen molar-refractivity contribution in [2.45, 2.75) is 91.2 Å². The Kier molecular flexibility index (Phi) is 10.4. The molecule has 0 aliphatic carbocycles. The van der Waals surface area contributed by atoms with Crippen LogP contribution in [0, 0.1) is 0 Å². The number of aliphatic hydroxyl groups is 1. The largest absolute Gasteiger partial charge is 0.444 e. The van der Waals surface area contributed by atoms with Crippen molar-refractivity contribution in [1.82, 2.24) is 5.32 Å². The molecule has 0 spiro atoms. The summed E-state index contributed by atoms with van der Waals surface area (Å²) in [7, 11) is 0. The number of hydrogen-bond acceptors (Lipinski definition) is 7. The summed E-state index contributed by atoms with van der Waals surface area (Å²) < 4.78 is 11.2. The fraction of sp³-hybridized carbons (Fsp3) is 0.895. The van der Waals surface area contributed by atoms with Gasteiger partial charge >= 0.3 is 5.97 Å². The van der Waals surface area contributed by atoms with Gasteiger partial charge in [-0.1, -0.05) is 6.92 Å². The van der Waals surface area contributed by atoms with Gasteiger partial charge in [-0.2, -0.15) is 0 Å². The van der Waals surface area contributed by atoms with Gasteiger partial charge in [0.2, 0.25) is 0 Å². The SMILES string of the molecule is CCC(C)(OCCC(C)(C)O)C(=O)CSCC(=O)OC(C)(C)NC(C)C. The van der Waals surface area contributed by atoms with E-state index < -0.39 is 16.9 Å². The topological polar surface area (TPSA) is 84.9 Å². The molecule has 0 radical (unpaired) electrons. The van der Waals surface area contributed by atoms with Crippen LogP contribution in [0.25, 0.3) is 0 Å². The molecule has 2 N–H and O–H groups in total. The molecule has 0 saturated carbocycles. The van der Waals surface area contributed by atoms with Gasteiger partial charge in [0.05, 0.1) is 23.7 Å². The summed E-state index contributed by atoms with van der Waals surface area (Å²) in [5, 5.41) is 12.9. The highest BCUT2D eigenvalue weighted by molar-refractivity contribution is 8.00. The molecule has 0 heterocycles. The Hall–Kier alpha value is -0.630. The number of rotatable bonds is 13. The van der Waals surface area contributed by atoms with Crippen molar-refractivity contribution in [3.63, 3.8) is 0 Å². The average molecular weight is 392 g/mol. The van der Waals surface area contributed by atoms with Crippen LogP contribution in [-0.4, -0.2) is 57.9 Å². The molecule has 1 atom stereocenters. The van der Waals surface area contributed by atoms with Gasteiger partial charge in [-0.25, -0.2) is 0 Å². The summed E-state index contributed by atoms with van der Waals surface area (Å²) in [5.74, 6) is -0.131. The number of carbonyl (C=O) groups is 2. The minimum absolute atomic E-state index is 0.0619. The lowest BCUT2D eigenvalue weighted by atomic mass is 9.98. The molecule has 0 aliphatic rings. The van der Waals surface area contributed by atoms with E-state index in [-0.39, 0.29) is 29.3 Å². The maximum Gasteiger partial charge on any atom is 0.317 e. The third-order valence-corrected chi connectivity index (χ3v) is 4.76. The maximum absolute atomic E-state index is 12.5. The summed E-state index contributed by atoms with van der Waals surface area (Å²) in [5.41, 5.74) is -2.47. The Morgan fingerprint density at radius 2 is 1.69 bits per heavy atom. The van der Waals surface area contributed by atoms with Crippen LogP contribution in [0.15, 0.2) is 0 Å². The van der Waals surface area contributed by atoms with Crippen LogP contribution in [-0.2, 0) is 19.1 Å². The van der Waals surface area contributed by atoms with E-state index in [1.54, 1.807) is 34.6 Å². The molecular weight excluding hydrogens is 354 g/mol. The second kappa shape index (κ2) is 10.6. The molecule has 0 aromatic heterocycles. The first-order valence-electron chi connectivity index (χ1n) is 9.17. The van der Waals surface area contributed by atoms with Crippen molar-refractivity contribution in [2.75, 3.05) is 18.1 Å². The average Bonchev–Trinajstić information content (AvgIpc) is 2.43. The van der Waals surface area contributed by atoms with Crippen LogP contribution < -0.4 is 5.32 Å². The minimum atomic E-state index is -0.902. The molecule has 0 rings (SSSR count). The number of esters is 1. The van der Waals surface area contributed by atoms with E-state index in [4.69, 9.17) is 9.47 Å². The Morgan fingerprint density at radius 3 is 2.15 bits per heavy atom. The van der Waals surface area contributed by atoms with E-state index in [1.807, 2.05) is 20.8 Å². The van der Waals surface area contributed by atoms with Crippen LogP contribution in [0.2, 0.25) is 0 Å². The van der Waals surface area contributed by atoms with Crippen molar-refractivity contribution in [1.29, 1.82) is 0 Å². The highest BCUT2D eigenvalue weighted by Crippen LogP contribution is 2.21. The van der Waals surface area contributed by atoms with E-state index in [0.29, 0.717) is 19.4 Å². The molecule has 154 valence electrons. The summed E-state index contributed by atoms with van der Waals surface area (Å²) in [6.45, 7) is 14.9. The molecule has 7 heteroatoms. The zero-order chi connectivity index (χ0) is 20.6. The molecule has 1 unspecified atom stereocenters. The van der Waals surface area contributed by atoms with Gasteiger partial charge in [0.15, 0.2) is 11.5 Å². The molecule has 6 nitrogen and oxygen atoms in total. The van der Waals surface area contributed by atoms with Gasteiger partial charge in [0.1, 0.15) is 5.60 Å². The fourth-order valence-corrected chi connectivity index (χ4v) is 3.14. The Balaban J connectivity index is 4.38. The number of thioether (sulfide) groups is 1. The van der Waals surface area contributed by atoms with Gasteiger partial charge in [0, 0.05) is 6.04 Å². The summed E-state index contributed by atoms with van der Waals surface area (Å²) in [6.07, 6.45) is 0.987. The molecule has 0 aromatic rings. The number of carbonyl (C=O) groups excluding carboxylic acids is 2. The third kappa shape index (κ3) is 11.2. The van der Waals surface area contributed by atoms with Crippen molar-refractivity contribution in [3.05, 3.63) is 0 Å². The Morgan fingerprint density at radius 1 is 1.12 bits per heavy atom. The number of ketones is 1. The molecule has 0 aliphatic heterocycles. The second-order valence-corrected chi connectivity index (χ2v) is 9.18. The molecule has 0 amide bonds. The molecule has 26 heavy (non-hydrogen) atoms. The first kappa shape index (κ1) is 25.4. The van der Waals surface area contributed by atoms with Crippen LogP contribution in [0.5, 0.6) is 0 Å². The zero-order valence-corrected chi connectivity index (χ0v) is 18.4.